The summed E-state index contributed by atoms with van der Waals surface area (Å²) in [7, 11) is 5.12. The predicted octanol–water partition coefficient (Wildman–Crippen LogP) is 2.64. The van der Waals surface area contributed by atoms with Crippen LogP contribution in [0.3, 0.4) is 0 Å². The third-order valence-electron chi connectivity index (χ3n) is 4.24. The van der Waals surface area contributed by atoms with Crippen LogP contribution in [0.25, 0.3) is 6.08 Å². The molecule has 0 bridgehead atoms. The molecule has 1 heterocycles. The van der Waals surface area contributed by atoms with Gasteiger partial charge in [0.15, 0.2) is 0 Å². The average Bonchev–Trinajstić information content (AvgIpc) is 3.38. The summed E-state index contributed by atoms with van der Waals surface area (Å²) in [5.41, 5.74) is 1.85. The van der Waals surface area contributed by atoms with Crippen LogP contribution in [0.4, 0.5) is 0 Å². The molecule has 0 saturated heterocycles. The standard InChI is InChI=1S/C19H23N3O3/c1-21-12-14(11-20-21)4-9-19(23)22(16-5-6-16)13-15-10-17(24-2)7-8-18(15)25-3/h4,7-12,16H,5-6,13H2,1-3H3. The fourth-order valence-electron chi connectivity index (χ4n) is 2.75. The van der Waals surface area contributed by atoms with Gasteiger partial charge in [-0.1, -0.05) is 0 Å². The third kappa shape index (κ3) is 4.21. The molecule has 25 heavy (non-hydrogen) atoms. The van der Waals surface area contributed by atoms with E-state index in [-0.39, 0.29) is 5.91 Å². The molecular weight excluding hydrogens is 318 g/mol. The fraction of sp³-hybridized carbons (Fsp3) is 0.368. The van der Waals surface area contributed by atoms with E-state index in [1.807, 2.05) is 36.3 Å². The number of carbonyl (C=O) groups excluding carboxylic acids is 1. The zero-order valence-electron chi connectivity index (χ0n) is 14.8. The summed E-state index contributed by atoms with van der Waals surface area (Å²) in [4.78, 5) is 14.6. The van der Waals surface area contributed by atoms with E-state index in [2.05, 4.69) is 5.10 Å². The van der Waals surface area contributed by atoms with Gasteiger partial charge in [-0.25, -0.2) is 0 Å². The Bertz CT molecular complexity index is 778. The van der Waals surface area contributed by atoms with E-state index in [1.165, 1.54) is 0 Å². The molecule has 1 fully saturated rings. The second kappa shape index (κ2) is 7.42. The molecule has 1 aromatic carbocycles. The van der Waals surface area contributed by atoms with Gasteiger partial charge in [-0.15, -0.1) is 0 Å². The lowest BCUT2D eigenvalue weighted by Crippen LogP contribution is -2.31. The van der Waals surface area contributed by atoms with Crippen LogP contribution in [0.15, 0.2) is 36.7 Å². The Morgan fingerprint density at radius 1 is 1.36 bits per heavy atom. The van der Waals surface area contributed by atoms with Crippen molar-refractivity contribution in [2.24, 2.45) is 7.05 Å². The Kier molecular flexibility index (Phi) is 5.07. The molecular formula is C19H23N3O3. The van der Waals surface area contributed by atoms with Crippen molar-refractivity contribution < 1.29 is 14.3 Å². The van der Waals surface area contributed by atoms with Crippen LogP contribution in [-0.2, 0) is 18.4 Å². The van der Waals surface area contributed by atoms with E-state index in [4.69, 9.17) is 9.47 Å². The summed E-state index contributed by atoms with van der Waals surface area (Å²) in [6.45, 7) is 0.501. The maximum absolute atomic E-state index is 12.7. The molecule has 2 aromatic rings. The molecule has 0 N–H and O–H groups in total. The first kappa shape index (κ1) is 17.1. The summed E-state index contributed by atoms with van der Waals surface area (Å²) in [5.74, 6) is 1.51. The summed E-state index contributed by atoms with van der Waals surface area (Å²) >= 11 is 0. The summed E-state index contributed by atoms with van der Waals surface area (Å²) in [6.07, 6.45) is 9.10. The summed E-state index contributed by atoms with van der Waals surface area (Å²) in [6, 6.07) is 5.94. The summed E-state index contributed by atoms with van der Waals surface area (Å²) < 4.78 is 12.4. The van der Waals surface area contributed by atoms with Crippen LogP contribution in [0.1, 0.15) is 24.0 Å². The molecule has 6 nitrogen and oxygen atoms in total. The van der Waals surface area contributed by atoms with Gasteiger partial charge in [0, 0.05) is 36.5 Å². The van der Waals surface area contributed by atoms with Gasteiger partial charge in [-0.2, -0.15) is 5.10 Å². The van der Waals surface area contributed by atoms with Gasteiger partial charge < -0.3 is 14.4 Å². The predicted molar refractivity (Wildman–Crippen MR) is 95.4 cm³/mol. The Hall–Kier alpha value is -2.76. The number of amides is 1. The number of nitrogens with zero attached hydrogens (tertiary/aromatic N) is 3. The van der Waals surface area contributed by atoms with Gasteiger partial charge in [0.2, 0.25) is 5.91 Å². The van der Waals surface area contributed by atoms with E-state index in [0.717, 1.165) is 35.5 Å². The number of aryl methyl sites for hydroxylation is 1. The minimum absolute atomic E-state index is 0.00349. The zero-order valence-corrected chi connectivity index (χ0v) is 14.8. The minimum Gasteiger partial charge on any atom is -0.497 e. The molecule has 0 spiro atoms. The van der Waals surface area contributed by atoms with Crippen molar-refractivity contribution in [1.29, 1.82) is 0 Å². The highest BCUT2D eigenvalue weighted by molar-refractivity contribution is 5.92. The first-order valence-corrected chi connectivity index (χ1v) is 8.29. The van der Waals surface area contributed by atoms with E-state index >= 15 is 0 Å². The number of benzene rings is 1. The largest absolute Gasteiger partial charge is 0.497 e. The zero-order chi connectivity index (χ0) is 17.8. The molecule has 1 aromatic heterocycles. The van der Waals surface area contributed by atoms with E-state index < -0.39 is 0 Å². The van der Waals surface area contributed by atoms with Crippen LogP contribution in [-0.4, -0.2) is 40.8 Å². The molecule has 1 aliphatic carbocycles. The van der Waals surface area contributed by atoms with Crippen LogP contribution in [0, 0.1) is 0 Å². The van der Waals surface area contributed by atoms with Crippen molar-refractivity contribution in [3.63, 3.8) is 0 Å². The number of hydrogen-bond acceptors (Lipinski definition) is 4. The highest BCUT2D eigenvalue weighted by Crippen LogP contribution is 2.32. The number of rotatable bonds is 7. The van der Waals surface area contributed by atoms with Crippen molar-refractivity contribution in [2.75, 3.05) is 14.2 Å². The quantitative estimate of drug-likeness (QED) is 0.727. The van der Waals surface area contributed by atoms with Gasteiger partial charge in [-0.05, 0) is 37.1 Å². The number of aromatic nitrogens is 2. The molecule has 1 aliphatic rings. The van der Waals surface area contributed by atoms with Gasteiger partial charge >= 0.3 is 0 Å². The van der Waals surface area contributed by atoms with Crippen LogP contribution >= 0.6 is 0 Å². The van der Waals surface area contributed by atoms with Crippen LogP contribution < -0.4 is 9.47 Å². The maximum Gasteiger partial charge on any atom is 0.247 e. The van der Waals surface area contributed by atoms with Gasteiger partial charge in [0.1, 0.15) is 11.5 Å². The molecule has 3 rings (SSSR count). The van der Waals surface area contributed by atoms with E-state index in [0.29, 0.717) is 12.6 Å². The first-order chi connectivity index (χ1) is 12.1. The van der Waals surface area contributed by atoms with Crippen molar-refractivity contribution in [3.8, 4) is 11.5 Å². The molecule has 1 amide bonds. The molecule has 6 heteroatoms. The molecule has 0 unspecified atom stereocenters. The molecule has 132 valence electrons. The fourth-order valence-corrected chi connectivity index (χ4v) is 2.75. The Balaban J connectivity index is 1.77. The Morgan fingerprint density at radius 3 is 2.76 bits per heavy atom. The second-order valence-corrected chi connectivity index (χ2v) is 6.16. The molecule has 0 radical (unpaired) electrons. The first-order valence-electron chi connectivity index (χ1n) is 8.29. The molecule has 1 saturated carbocycles. The third-order valence-corrected chi connectivity index (χ3v) is 4.24. The van der Waals surface area contributed by atoms with Crippen molar-refractivity contribution in [3.05, 3.63) is 47.8 Å². The average molecular weight is 341 g/mol. The number of hydrogen-bond donors (Lipinski definition) is 0. The summed E-state index contributed by atoms with van der Waals surface area (Å²) in [5, 5.41) is 4.11. The van der Waals surface area contributed by atoms with Crippen LogP contribution in [0.5, 0.6) is 11.5 Å². The SMILES string of the molecule is COc1ccc(OC)c(CN(C(=O)C=Cc2cnn(C)c2)C2CC2)c1. The molecule has 0 atom stereocenters. The number of methoxy groups -OCH3 is 2. The smallest absolute Gasteiger partial charge is 0.247 e. The molecule has 0 aliphatic heterocycles. The Labute approximate surface area is 147 Å². The lowest BCUT2D eigenvalue weighted by Gasteiger charge is -2.22. The van der Waals surface area contributed by atoms with E-state index in [1.54, 1.807) is 37.3 Å². The van der Waals surface area contributed by atoms with Gasteiger partial charge in [-0.3, -0.25) is 9.48 Å². The van der Waals surface area contributed by atoms with E-state index in [9.17, 15) is 4.79 Å². The van der Waals surface area contributed by atoms with Crippen molar-refractivity contribution in [1.82, 2.24) is 14.7 Å². The highest BCUT2D eigenvalue weighted by Gasteiger charge is 2.32. The lowest BCUT2D eigenvalue weighted by atomic mass is 10.1. The van der Waals surface area contributed by atoms with Crippen molar-refractivity contribution in [2.45, 2.75) is 25.4 Å². The second-order valence-electron chi connectivity index (χ2n) is 6.16. The van der Waals surface area contributed by atoms with Crippen molar-refractivity contribution >= 4 is 12.0 Å². The topological polar surface area (TPSA) is 56.6 Å². The normalized spacial score (nSPS) is 13.9. The van der Waals surface area contributed by atoms with Crippen LogP contribution in [0.2, 0.25) is 0 Å². The lowest BCUT2D eigenvalue weighted by molar-refractivity contribution is -0.127. The maximum atomic E-state index is 12.7. The highest BCUT2D eigenvalue weighted by atomic mass is 16.5. The number of ether oxygens (including phenoxy) is 2. The minimum atomic E-state index is -0.00349. The monoisotopic (exact) mass is 341 g/mol. The number of carbonyl (C=O) groups is 1. The van der Waals surface area contributed by atoms with Gasteiger partial charge in [0.05, 0.1) is 27.0 Å². The Morgan fingerprint density at radius 2 is 2.16 bits per heavy atom. The van der Waals surface area contributed by atoms with Gasteiger partial charge in [0.25, 0.3) is 0 Å².